The van der Waals surface area contributed by atoms with Crippen LogP contribution in [0.15, 0.2) is 0 Å². The van der Waals surface area contributed by atoms with E-state index in [0.29, 0.717) is 0 Å². The lowest BCUT2D eigenvalue weighted by molar-refractivity contribution is -0.119. The third-order valence-electron chi connectivity index (χ3n) is 3.65. The van der Waals surface area contributed by atoms with Gasteiger partial charge in [0, 0.05) is 26.2 Å². The molecule has 4 nitrogen and oxygen atoms in total. The van der Waals surface area contributed by atoms with Gasteiger partial charge in [0.1, 0.15) is 5.78 Å². The molecule has 0 aliphatic carbocycles. The molecule has 0 aromatic heterocycles. The summed E-state index contributed by atoms with van der Waals surface area (Å²) in [6.45, 7) is 7.61. The summed E-state index contributed by atoms with van der Waals surface area (Å²) in [5, 5.41) is 3.08. The second-order valence-electron chi connectivity index (χ2n) is 5.09. The summed E-state index contributed by atoms with van der Waals surface area (Å²) in [7, 11) is 4.05. The molecule has 4 heteroatoms. The van der Waals surface area contributed by atoms with Crippen LogP contribution >= 0.6 is 0 Å². The van der Waals surface area contributed by atoms with Gasteiger partial charge in [0.2, 0.25) is 0 Å². The van der Waals surface area contributed by atoms with E-state index in [2.05, 4.69) is 22.2 Å². The Morgan fingerprint density at radius 3 is 2.41 bits per heavy atom. The lowest BCUT2D eigenvalue weighted by Crippen LogP contribution is -2.44. The number of ketones is 1. The van der Waals surface area contributed by atoms with Gasteiger partial charge in [-0.25, -0.2) is 0 Å². The summed E-state index contributed by atoms with van der Waals surface area (Å²) in [4.78, 5) is 16.1. The van der Waals surface area contributed by atoms with Crippen molar-refractivity contribution >= 4 is 5.78 Å². The molecule has 1 saturated heterocycles. The average Bonchev–Trinajstić information content (AvgIpc) is 2.31. The highest BCUT2D eigenvalue weighted by Crippen LogP contribution is 2.05. The van der Waals surface area contributed by atoms with E-state index in [4.69, 9.17) is 0 Å². The molecule has 1 fully saturated rings. The van der Waals surface area contributed by atoms with Gasteiger partial charge in [-0.15, -0.1) is 0 Å². The molecule has 0 aromatic rings. The van der Waals surface area contributed by atoms with E-state index < -0.39 is 0 Å². The van der Waals surface area contributed by atoms with Crippen molar-refractivity contribution in [3.63, 3.8) is 0 Å². The molecule has 1 rings (SSSR count). The van der Waals surface area contributed by atoms with Gasteiger partial charge in [0.15, 0.2) is 0 Å². The van der Waals surface area contributed by atoms with Crippen LogP contribution < -0.4 is 5.32 Å². The van der Waals surface area contributed by atoms with Crippen LogP contribution in [0.5, 0.6) is 0 Å². The molecule has 1 aliphatic heterocycles. The van der Waals surface area contributed by atoms with Crippen molar-refractivity contribution in [3.8, 4) is 0 Å². The minimum Gasteiger partial charge on any atom is -0.311 e. The summed E-state index contributed by atoms with van der Waals surface area (Å²) < 4.78 is 0. The Bertz CT molecular complexity index is 225. The number of Topliss-reactive ketones (excluding diaryl/α,β-unsaturated/α-hetero) is 1. The maximum atomic E-state index is 11.2. The number of nitrogens with zero attached hydrogens (tertiary/aromatic N) is 2. The van der Waals surface area contributed by atoms with Crippen LogP contribution in [0.3, 0.4) is 0 Å². The zero-order chi connectivity index (χ0) is 12.7. The summed E-state index contributed by atoms with van der Waals surface area (Å²) >= 11 is 0. The molecular formula is C13H27N3O. The van der Waals surface area contributed by atoms with Crippen molar-refractivity contribution in [2.45, 2.75) is 32.2 Å². The number of nitrogens with one attached hydrogen (secondary N) is 1. The van der Waals surface area contributed by atoms with Gasteiger partial charge in [-0.1, -0.05) is 6.42 Å². The number of carbonyl (C=O) groups excluding carboxylic acids is 1. The molecule has 100 valence electrons. The predicted octanol–water partition coefficient (Wildman–Crippen LogP) is 0.581. The Morgan fingerprint density at radius 2 is 1.88 bits per heavy atom. The quantitative estimate of drug-likeness (QED) is 0.662. The number of piperazine rings is 1. The molecule has 1 heterocycles. The average molecular weight is 241 g/mol. The van der Waals surface area contributed by atoms with E-state index in [1.54, 1.807) is 6.92 Å². The number of hydrogen-bond donors (Lipinski definition) is 1. The van der Waals surface area contributed by atoms with Crippen LogP contribution in [0.1, 0.15) is 26.2 Å². The van der Waals surface area contributed by atoms with E-state index in [1.807, 2.05) is 7.05 Å². The van der Waals surface area contributed by atoms with Crippen LogP contribution in [0.2, 0.25) is 0 Å². The van der Waals surface area contributed by atoms with Gasteiger partial charge in [-0.05, 0) is 40.4 Å². The van der Waals surface area contributed by atoms with E-state index >= 15 is 0 Å². The van der Waals surface area contributed by atoms with Crippen molar-refractivity contribution in [2.24, 2.45) is 0 Å². The van der Waals surface area contributed by atoms with Crippen molar-refractivity contribution < 1.29 is 4.79 Å². The highest BCUT2D eigenvalue weighted by atomic mass is 16.1. The molecule has 0 spiro atoms. The first-order chi connectivity index (χ1) is 8.13. The standard InChI is InChI=1S/C13H27N3O/c1-12(17)13(14-2)6-4-5-7-16-10-8-15(3)9-11-16/h13-14H,4-11H2,1-3H3/t13-/m0/s1. The molecule has 17 heavy (non-hydrogen) atoms. The van der Waals surface area contributed by atoms with Gasteiger partial charge in [0.05, 0.1) is 6.04 Å². The maximum Gasteiger partial charge on any atom is 0.146 e. The Kier molecular flexibility index (Phi) is 6.70. The molecule has 0 radical (unpaired) electrons. The Hall–Kier alpha value is -0.450. The van der Waals surface area contributed by atoms with Crippen LogP contribution in [-0.4, -0.2) is 68.4 Å². The third-order valence-corrected chi connectivity index (χ3v) is 3.65. The first-order valence-corrected chi connectivity index (χ1v) is 6.72. The van der Waals surface area contributed by atoms with E-state index in [-0.39, 0.29) is 11.8 Å². The van der Waals surface area contributed by atoms with E-state index in [9.17, 15) is 4.79 Å². The van der Waals surface area contributed by atoms with Crippen molar-refractivity contribution in [1.29, 1.82) is 0 Å². The smallest absolute Gasteiger partial charge is 0.146 e. The topological polar surface area (TPSA) is 35.6 Å². The number of likely N-dealkylation sites (N-methyl/N-ethyl adjacent to an activating group) is 2. The Balaban J connectivity index is 2.05. The van der Waals surface area contributed by atoms with Crippen LogP contribution in [0.25, 0.3) is 0 Å². The van der Waals surface area contributed by atoms with Crippen LogP contribution in [-0.2, 0) is 4.79 Å². The monoisotopic (exact) mass is 241 g/mol. The summed E-state index contributed by atoms with van der Waals surface area (Å²) in [5.41, 5.74) is 0. The molecule has 0 unspecified atom stereocenters. The molecule has 0 amide bonds. The first-order valence-electron chi connectivity index (χ1n) is 6.72. The molecule has 0 aromatic carbocycles. The van der Waals surface area contributed by atoms with Crippen molar-refractivity contribution in [1.82, 2.24) is 15.1 Å². The Labute approximate surface area is 105 Å². The first kappa shape index (κ1) is 14.6. The van der Waals surface area contributed by atoms with Gasteiger partial charge in [0.25, 0.3) is 0 Å². The number of hydrogen-bond acceptors (Lipinski definition) is 4. The zero-order valence-electron chi connectivity index (χ0n) is 11.5. The highest BCUT2D eigenvalue weighted by Gasteiger charge is 2.14. The minimum atomic E-state index is 0.0579. The summed E-state index contributed by atoms with van der Waals surface area (Å²) in [5.74, 6) is 0.257. The predicted molar refractivity (Wildman–Crippen MR) is 71.3 cm³/mol. The largest absolute Gasteiger partial charge is 0.311 e. The van der Waals surface area contributed by atoms with E-state index in [1.165, 1.54) is 39.1 Å². The molecule has 1 aliphatic rings. The lowest BCUT2D eigenvalue weighted by atomic mass is 10.1. The minimum absolute atomic E-state index is 0.0579. The fraction of sp³-hybridized carbons (Fsp3) is 0.923. The molecule has 0 saturated carbocycles. The van der Waals surface area contributed by atoms with Crippen LogP contribution in [0, 0.1) is 0 Å². The van der Waals surface area contributed by atoms with E-state index in [0.717, 1.165) is 12.8 Å². The second kappa shape index (κ2) is 7.80. The van der Waals surface area contributed by atoms with Gasteiger partial charge in [-0.3, -0.25) is 4.79 Å². The second-order valence-corrected chi connectivity index (χ2v) is 5.09. The number of unbranched alkanes of at least 4 members (excludes halogenated alkanes) is 1. The number of carbonyl (C=O) groups is 1. The fourth-order valence-corrected chi connectivity index (χ4v) is 2.31. The van der Waals surface area contributed by atoms with Crippen molar-refractivity contribution in [2.75, 3.05) is 46.8 Å². The summed E-state index contributed by atoms with van der Waals surface area (Å²) in [6, 6.07) is 0.0579. The summed E-state index contributed by atoms with van der Waals surface area (Å²) in [6.07, 6.45) is 3.31. The normalized spacial score (nSPS) is 20.4. The van der Waals surface area contributed by atoms with Gasteiger partial charge in [-0.2, -0.15) is 0 Å². The number of rotatable bonds is 7. The third kappa shape index (κ3) is 5.61. The molecule has 1 atom stereocenters. The molecular weight excluding hydrogens is 214 g/mol. The molecule has 1 N–H and O–H groups in total. The fourth-order valence-electron chi connectivity index (χ4n) is 2.31. The highest BCUT2D eigenvalue weighted by molar-refractivity contribution is 5.81. The van der Waals surface area contributed by atoms with Crippen molar-refractivity contribution in [3.05, 3.63) is 0 Å². The lowest BCUT2D eigenvalue weighted by Gasteiger charge is -2.32. The van der Waals surface area contributed by atoms with Gasteiger partial charge >= 0.3 is 0 Å². The maximum absolute atomic E-state index is 11.2. The van der Waals surface area contributed by atoms with Crippen LogP contribution in [0.4, 0.5) is 0 Å². The van der Waals surface area contributed by atoms with Gasteiger partial charge < -0.3 is 15.1 Å². The molecule has 0 bridgehead atoms. The Morgan fingerprint density at radius 1 is 1.24 bits per heavy atom. The SMILES string of the molecule is CN[C@@H](CCCCN1CCN(C)CC1)C(C)=O. The zero-order valence-corrected chi connectivity index (χ0v) is 11.5.